The molecule has 0 bridgehead atoms. The Kier molecular flexibility index (Phi) is 3.59. The number of carboxylic acids is 1. The Balaban J connectivity index is 1.38. The van der Waals surface area contributed by atoms with Crippen LogP contribution in [-0.4, -0.2) is 38.2 Å². The van der Waals surface area contributed by atoms with Crippen LogP contribution in [0.15, 0.2) is 36.7 Å². The van der Waals surface area contributed by atoms with Crippen LogP contribution in [0.2, 0.25) is 0 Å². The van der Waals surface area contributed by atoms with Crippen molar-refractivity contribution in [1.82, 2.24) is 14.7 Å². The van der Waals surface area contributed by atoms with Crippen molar-refractivity contribution in [3.05, 3.63) is 53.3 Å². The van der Waals surface area contributed by atoms with E-state index in [-0.39, 0.29) is 11.5 Å². The number of nitrogens with zero attached hydrogens (tertiary/aromatic N) is 3. The van der Waals surface area contributed by atoms with Crippen molar-refractivity contribution in [2.75, 3.05) is 6.54 Å². The van der Waals surface area contributed by atoms with Gasteiger partial charge < -0.3 is 10.0 Å². The van der Waals surface area contributed by atoms with Crippen LogP contribution in [0, 0.1) is 11.8 Å². The highest BCUT2D eigenvalue weighted by Gasteiger charge is 2.44. The number of hydrogen-bond acceptors (Lipinski definition) is 3. The Morgan fingerprint density at radius 2 is 1.88 bits per heavy atom. The predicted molar refractivity (Wildman–Crippen MR) is 86.4 cm³/mol. The lowest BCUT2D eigenvalue weighted by Crippen LogP contribution is -2.36. The lowest BCUT2D eigenvalue weighted by molar-refractivity contribution is -0.134. The van der Waals surface area contributed by atoms with Crippen molar-refractivity contribution < 1.29 is 14.7 Å². The first-order valence-corrected chi connectivity index (χ1v) is 8.20. The van der Waals surface area contributed by atoms with Gasteiger partial charge in [0.25, 0.3) is 0 Å². The minimum absolute atomic E-state index is 0.189. The summed E-state index contributed by atoms with van der Waals surface area (Å²) in [5, 5.41) is 13.0. The van der Waals surface area contributed by atoms with Gasteiger partial charge in [0.05, 0.1) is 18.3 Å². The summed E-state index contributed by atoms with van der Waals surface area (Å²) in [6.07, 6.45) is 4.80. The molecule has 124 valence electrons. The van der Waals surface area contributed by atoms with Gasteiger partial charge in [0, 0.05) is 25.7 Å². The number of aromatic carboxylic acids is 1. The maximum Gasteiger partial charge on any atom is 0.338 e. The van der Waals surface area contributed by atoms with E-state index in [1.54, 1.807) is 4.68 Å². The molecule has 1 saturated heterocycles. The van der Waals surface area contributed by atoms with Gasteiger partial charge >= 0.3 is 5.97 Å². The number of aromatic nitrogens is 2. The molecule has 6 nitrogen and oxygen atoms in total. The van der Waals surface area contributed by atoms with Crippen LogP contribution in [0.1, 0.15) is 34.3 Å². The Bertz CT molecular complexity index is 781. The third kappa shape index (κ3) is 3.04. The van der Waals surface area contributed by atoms with Crippen LogP contribution < -0.4 is 0 Å². The van der Waals surface area contributed by atoms with Crippen LogP contribution in [0.3, 0.4) is 0 Å². The zero-order chi connectivity index (χ0) is 16.7. The summed E-state index contributed by atoms with van der Waals surface area (Å²) in [6.45, 7) is 2.10. The molecule has 1 aliphatic heterocycles. The molecule has 2 heterocycles. The van der Waals surface area contributed by atoms with E-state index in [4.69, 9.17) is 5.11 Å². The zero-order valence-corrected chi connectivity index (χ0v) is 13.3. The summed E-state index contributed by atoms with van der Waals surface area (Å²) < 4.78 is 1.61. The van der Waals surface area contributed by atoms with Crippen LogP contribution >= 0.6 is 0 Å². The zero-order valence-electron chi connectivity index (χ0n) is 13.3. The van der Waals surface area contributed by atoms with Gasteiger partial charge in [-0.25, -0.2) is 4.79 Å². The summed E-state index contributed by atoms with van der Waals surface area (Å²) in [7, 11) is 0. The summed E-state index contributed by atoms with van der Waals surface area (Å²) in [4.78, 5) is 24.9. The molecule has 1 aliphatic carbocycles. The molecule has 24 heavy (non-hydrogen) atoms. The molecule has 1 amide bonds. The number of rotatable bonds is 5. The lowest BCUT2D eigenvalue weighted by Gasteiger charge is -2.26. The van der Waals surface area contributed by atoms with E-state index in [1.807, 2.05) is 29.2 Å². The largest absolute Gasteiger partial charge is 0.478 e. The van der Waals surface area contributed by atoms with Crippen LogP contribution in [0.4, 0.5) is 0 Å². The van der Waals surface area contributed by atoms with Gasteiger partial charge in [0.15, 0.2) is 0 Å². The topological polar surface area (TPSA) is 75.4 Å². The first-order chi connectivity index (χ1) is 11.6. The second kappa shape index (κ2) is 5.78. The maximum absolute atomic E-state index is 12.1. The highest BCUT2D eigenvalue weighted by atomic mass is 16.4. The van der Waals surface area contributed by atoms with Gasteiger partial charge in [-0.2, -0.15) is 5.10 Å². The van der Waals surface area contributed by atoms with E-state index in [1.165, 1.54) is 18.8 Å². The van der Waals surface area contributed by atoms with Crippen LogP contribution in [-0.2, 0) is 17.9 Å². The highest BCUT2D eigenvalue weighted by molar-refractivity contribution is 5.86. The Labute approximate surface area is 139 Å². The minimum Gasteiger partial charge on any atom is -0.478 e. The smallest absolute Gasteiger partial charge is 0.338 e. The van der Waals surface area contributed by atoms with Gasteiger partial charge in [-0.3, -0.25) is 9.48 Å². The Morgan fingerprint density at radius 3 is 2.54 bits per heavy atom. The molecule has 1 N–H and O–H groups in total. The number of hydrogen-bond donors (Lipinski definition) is 1. The normalized spacial score (nSPS) is 22.3. The molecule has 1 aromatic heterocycles. The van der Waals surface area contributed by atoms with Gasteiger partial charge in [-0.1, -0.05) is 24.3 Å². The van der Waals surface area contributed by atoms with E-state index < -0.39 is 5.97 Å². The SMILES string of the molecule is O=C(O)c1cnn(Cc2ccc(CN3CC4CC4CC3=O)cc2)c1. The van der Waals surface area contributed by atoms with Crippen molar-refractivity contribution in [2.45, 2.75) is 25.9 Å². The molecule has 4 rings (SSSR count). The molecule has 1 aromatic carbocycles. The first-order valence-electron chi connectivity index (χ1n) is 8.20. The van der Waals surface area contributed by atoms with Crippen molar-refractivity contribution in [3.63, 3.8) is 0 Å². The van der Waals surface area contributed by atoms with Crippen LogP contribution in [0.25, 0.3) is 0 Å². The maximum atomic E-state index is 12.1. The fourth-order valence-electron chi connectivity index (χ4n) is 3.39. The quantitative estimate of drug-likeness (QED) is 0.912. The first kappa shape index (κ1) is 14.9. The predicted octanol–water partition coefficient (Wildman–Crippen LogP) is 2.00. The summed E-state index contributed by atoms with van der Waals surface area (Å²) in [5.74, 6) is 0.683. The van der Waals surface area contributed by atoms with E-state index in [2.05, 4.69) is 5.10 Å². The molecular formula is C18H19N3O3. The second-order valence-corrected chi connectivity index (χ2v) is 6.78. The Hall–Kier alpha value is -2.63. The number of likely N-dealkylation sites (tertiary alicyclic amines) is 1. The van der Waals surface area contributed by atoms with E-state index >= 15 is 0 Å². The molecule has 6 heteroatoms. The van der Waals surface area contributed by atoms with Crippen molar-refractivity contribution >= 4 is 11.9 Å². The number of carbonyl (C=O) groups excluding carboxylic acids is 1. The van der Waals surface area contributed by atoms with Crippen LogP contribution in [0.5, 0.6) is 0 Å². The molecule has 2 aromatic rings. The third-order valence-electron chi connectivity index (χ3n) is 4.93. The second-order valence-electron chi connectivity index (χ2n) is 6.78. The standard InChI is InChI=1S/C18H19N3O3/c22-17-6-14-5-15(14)10-20(17)8-12-1-3-13(4-2-12)9-21-11-16(7-19-21)18(23)24/h1-4,7,11,14-15H,5-6,8-10H2,(H,23,24). The molecule has 2 fully saturated rings. The minimum atomic E-state index is -0.972. The van der Waals surface area contributed by atoms with Gasteiger partial charge in [-0.15, -0.1) is 0 Å². The van der Waals surface area contributed by atoms with E-state index in [0.717, 1.165) is 23.6 Å². The molecule has 0 spiro atoms. The molecule has 2 aliphatic rings. The van der Waals surface area contributed by atoms with Crippen molar-refractivity contribution in [1.29, 1.82) is 0 Å². The van der Waals surface area contributed by atoms with Gasteiger partial charge in [-0.05, 0) is 29.4 Å². The number of amides is 1. The van der Waals surface area contributed by atoms with Crippen molar-refractivity contribution in [2.24, 2.45) is 11.8 Å². The Morgan fingerprint density at radius 1 is 1.17 bits per heavy atom. The third-order valence-corrected chi connectivity index (χ3v) is 4.93. The average molecular weight is 325 g/mol. The fraction of sp³-hybridized carbons (Fsp3) is 0.389. The molecule has 1 saturated carbocycles. The molecule has 0 radical (unpaired) electrons. The summed E-state index contributed by atoms with van der Waals surface area (Å²) in [5.41, 5.74) is 2.36. The fourth-order valence-corrected chi connectivity index (χ4v) is 3.39. The number of piperidine rings is 1. The van der Waals surface area contributed by atoms with Crippen molar-refractivity contribution in [3.8, 4) is 0 Å². The lowest BCUT2D eigenvalue weighted by atomic mass is 10.1. The summed E-state index contributed by atoms with van der Waals surface area (Å²) >= 11 is 0. The number of carbonyl (C=O) groups is 2. The molecular weight excluding hydrogens is 306 g/mol. The highest BCUT2D eigenvalue weighted by Crippen LogP contribution is 2.45. The van der Waals surface area contributed by atoms with E-state index in [9.17, 15) is 9.59 Å². The number of fused-ring (bicyclic) bond motifs is 1. The number of benzene rings is 1. The van der Waals surface area contributed by atoms with E-state index in [0.29, 0.717) is 25.4 Å². The average Bonchev–Trinajstić information content (AvgIpc) is 3.13. The summed E-state index contributed by atoms with van der Waals surface area (Å²) in [6, 6.07) is 8.07. The van der Waals surface area contributed by atoms with Gasteiger partial charge in [0.1, 0.15) is 0 Å². The monoisotopic (exact) mass is 325 g/mol. The number of carboxylic acid groups (broad SMARTS) is 1. The van der Waals surface area contributed by atoms with Gasteiger partial charge in [0.2, 0.25) is 5.91 Å². The molecule has 2 unspecified atom stereocenters. The molecule has 2 atom stereocenters.